The van der Waals surface area contributed by atoms with Gasteiger partial charge in [0.2, 0.25) is 0 Å². The van der Waals surface area contributed by atoms with Gasteiger partial charge in [-0.3, -0.25) is 4.90 Å². The fourth-order valence-corrected chi connectivity index (χ4v) is 3.83. The molecule has 0 heterocycles. The highest BCUT2D eigenvalue weighted by Crippen LogP contribution is 2.37. The van der Waals surface area contributed by atoms with Gasteiger partial charge in [-0.2, -0.15) is 0 Å². The molecule has 1 fully saturated rings. The van der Waals surface area contributed by atoms with Crippen LogP contribution in [0.3, 0.4) is 0 Å². The smallest absolute Gasteiger partial charge is 0.148 e. The van der Waals surface area contributed by atoms with Gasteiger partial charge in [-0.15, -0.1) is 0 Å². The van der Waals surface area contributed by atoms with Crippen LogP contribution in [0.4, 0.5) is 0 Å². The maximum atomic E-state index is 11.4. The average Bonchev–Trinajstić information content (AvgIpc) is 2.38. The molecule has 1 saturated carbocycles. The van der Waals surface area contributed by atoms with Crippen LogP contribution in [0.25, 0.3) is 0 Å². The highest BCUT2D eigenvalue weighted by molar-refractivity contribution is 7.90. The first-order chi connectivity index (χ1) is 8.87. The van der Waals surface area contributed by atoms with Crippen molar-refractivity contribution < 1.29 is 8.42 Å². The van der Waals surface area contributed by atoms with Crippen molar-refractivity contribution in [1.82, 2.24) is 4.90 Å². The van der Waals surface area contributed by atoms with Crippen LogP contribution in [-0.2, 0) is 9.84 Å². The van der Waals surface area contributed by atoms with Gasteiger partial charge in [0.15, 0.2) is 0 Å². The number of nitrogens with two attached hydrogens (primary N) is 1. The summed E-state index contributed by atoms with van der Waals surface area (Å²) in [6.45, 7) is 6.49. The van der Waals surface area contributed by atoms with Crippen LogP contribution in [0.5, 0.6) is 0 Å². The van der Waals surface area contributed by atoms with Gasteiger partial charge in [-0.1, -0.05) is 20.3 Å². The normalized spacial score (nSPS) is 28.8. The summed E-state index contributed by atoms with van der Waals surface area (Å²) in [6.07, 6.45) is 7.23. The number of sulfone groups is 1. The third-order valence-electron chi connectivity index (χ3n) is 4.78. The number of nitrogens with zero attached hydrogens (tertiary/aromatic N) is 1. The molecule has 0 amide bonds. The zero-order valence-corrected chi connectivity index (χ0v) is 13.5. The van der Waals surface area contributed by atoms with E-state index in [1.54, 1.807) is 0 Å². The van der Waals surface area contributed by atoms with Crippen molar-refractivity contribution in [1.29, 1.82) is 0 Å². The Morgan fingerprint density at radius 1 is 1.26 bits per heavy atom. The molecule has 1 aliphatic carbocycles. The predicted molar refractivity (Wildman–Crippen MR) is 81.0 cm³/mol. The predicted octanol–water partition coefficient (Wildman–Crippen LogP) is 1.65. The van der Waals surface area contributed by atoms with Gasteiger partial charge >= 0.3 is 0 Å². The van der Waals surface area contributed by atoms with Crippen LogP contribution < -0.4 is 5.73 Å². The molecule has 0 aromatic heterocycles. The van der Waals surface area contributed by atoms with Crippen molar-refractivity contribution in [3.63, 3.8) is 0 Å². The van der Waals surface area contributed by atoms with Gasteiger partial charge in [0.1, 0.15) is 9.84 Å². The molecule has 2 N–H and O–H groups in total. The van der Waals surface area contributed by atoms with E-state index in [2.05, 4.69) is 18.7 Å². The van der Waals surface area contributed by atoms with E-state index in [1.165, 1.54) is 25.5 Å². The lowest BCUT2D eigenvalue weighted by atomic mass is 9.74. The molecule has 0 saturated heterocycles. The Bertz CT molecular complexity index is 360. The summed E-state index contributed by atoms with van der Waals surface area (Å²) in [5.74, 6) is 1.06. The van der Waals surface area contributed by atoms with Crippen molar-refractivity contribution in [3.8, 4) is 0 Å². The molecule has 0 aromatic rings. The number of hydrogen-bond donors (Lipinski definition) is 1. The molecule has 0 atom stereocenters. The highest BCUT2D eigenvalue weighted by atomic mass is 32.2. The summed E-state index contributed by atoms with van der Waals surface area (Å²) in [4.78, 5) is 2.31. The third kappa shape index (κ3) is 4.72. The Balaban J connectivity index is 2.70. The van der Waals surface area contributed by atoms with Crippen LogP contribution in [0.15, 0.2) is 0 Å². The lowest BCUT2D eigenvalue weighted by Crippen LogP contribution is -2.56. The van der Waals surface area contributed by atoms with E-state index in [0.29, 0.717) is 13.1 Å². The van der Waals surface area contributed by atoms with Gasteiger partial charge < -0.3 is 5.73 Å². The lowest BCUT2D eigenvalue weighted by molar-refractivity contribution is 0.0510. The topological polar surface area (TPSA) is 63.4 Å². The second-order valence-electron chi connectivity index (χ2n) is 5.99. The molecule has 0 radical (unpaired) electrons. The summed E-state index contributed by atoms with van der Waals surface area (Å²) >= 11 is 0. The van der Waals surface area contributed by atoms with Crippen molar-refractivity contribution in [2.45, 2.75) is 51.5 Å². The molecule has 0 aliphatic heterocycles. The van der Waals surface area contributed by atoms with Crippen LogP contribution in [0, 0.1) is 5.92 Å². The SMILES string of the molecule is CCC1CCC(CN)(N(CC)CCS(C)(=O)=O)CC1. The minimum absolute atomic E-state index is 0.0328. The maximum Gasteiger partial charge on any atom is 0.148 e. The first kappa shape index (κ1) is 16.9. The molecule has 4 nitrogen and oxygen atoms in total. The highest BCUT2D eigenvalue weighted by Gasteiger charge is 2.38. The van der Waals surface area contributed by atoms with E-state index in [9.17, 15) is 8.42 Å². The molecule has 1 aliphatic rings. The second-order valence-corrected chi connectivity index (χ2v) is 8.25. The first-order valence-electron chi connectivity index (χ1n) is 7.49. The fraction of sp³-hybridized carbons (Fsp3) is 1.00. The quantitative estimate of drug-likeness (QED) is 0.774. The Morgan fingerprint density at radius 2 is 1.84 bits per heavy atom. The van der Waals surface area contributed by atoms with Gasteiger partial charge in [-0.05, 0) is 38.1 Å². The maximum absolute atomic E-state index is 11.4. The molecule has 0 bridgehead atoms. The molecule has 0 unspecified atom stereocenters. The van der Waals surface area contributed by atoms with Gasteiger partial charge in [-0.25, -0.2) is 8.42 Å². The number of rotatable bonds is 7. The minimum Gasteiger partial charge on any atom is -0.329 e. The van der Waals surface area contributed by atoms with E-state index in [4.69, 9.17) is 5.73 Å². The second kappa shape index (κ2) is 7.04. The van der Waals surface area contributed by atoms with Crippen LogP contribution in [0.1, 0.15) is 46.0 Å². The molecular formula is C14H30N2O2S. The molecule has 0 aromatic carbocycles. The third-order valence-corrected chi connectivity index (χ3v) is 5.70. The van der Waals surface area contributed by atoms with Crippen molar-refractivity contribution >= 4 is 9.84 Å². The summed E-state index contributed by atoms with van der Waals surface area (Å²) in [5, 5.41) is 0. The standard InChI is InChI=1S/C14H30N2O2S/c1-4-13-6-8-14(12-15,9-7-13)16(5-2)10-11-19(3,17)18/h13H,4-12,15H2,1-3H3. The van der Waals surface area contributed by atoms with Crippen LogP contribution in [0.2, 0.25) is 0 Å². The van der Waals surface area contributed by atoms with E-state index in [1.807, 2.05) is 0 Å². The molecule has 1 rings (SSSR count). The summed E-state index contributed by atoms with van der Waals surface area (Å²) in [7, 11) is -2.90. The molecule has 0 spiro atoms. The Labute approximate surface area is 118 Å². The molecule has 19 heavy (non-hydrogen) atoms. The van der Waals surface area contributed by atoms with Crippen molar-refractivity contribution in [3.05, 3.63) is 0 Å². The number of hydrogen-bond acceptors (Lipinski definition) is 4. The molecular weight excluding hydrogens is 260 g/mol. The molecule has 114 valence electrons. The largest absolute Gasteiger partial charge is 0.329 e. The molecule has 5 heteroatoms. The van der Waals surface area contributed by atoms with Gasteiger partial charge in [0.05, 0.1) is 5.75 Å². The van der Waals surface area contributed by atoms with Crippen LogP contribution in [-0.4, -0.2) is 50.5 Å². The summed E-state index contributed by atoms with van der Waals surface area (Å²) < 4.78 is 22.7. The average molecular weight is 290 g/mol. The van der Waals surface area contributed by atoms with E-state index < -0.39 is 9.84 Å². The van der Waals surface area contributed by atoms with Crippen molar-refractivity contribution in [2.75, 3.05) is 31.6 Å². The van der Waals surface area contributed by atoms with E-state index in [-0.39, 0.29) is 11.3 Å². The Morgan fingerprint density at radius 3 is 2.21 bits per heavy atom. The van der Waals surface area contributed by atoms with Crippen LogP contribution >= 0.6 is 0 Å². The lowest BCUT2D eigenvalue weighted by Gasteiger charge is -2.47. The Kier molecular flexibility index (Phi) is 6.27. The summed E-state index contributed by atoms with van der Waals surface area (Å²) in [6, 6.07) is 0. The monoisotopic (exact) mass is 290 g/mol. The Hall–Kier alpha value is -0.130. The zero-order chi connectivity index (χ0) is 14.5. The van der Waals surface area contributed by atoms with Gasteiger partial charge in [0.25, 0.3) is 0 Å². The first-order valence-corrected chi connectivity index (χ1v) is 9.55. The van der Waals surface area contributed by atoms with Gasteiger partial charge in [0, 0.05) is 24.9 Å². The zero-order valence-electron chi connectivity index (χ0n) is 12.7. The number of likely N-dealkylation sites (N-methyl/N-ethyl adjacent to an activating group) is 1. The van der Waals surface area contributed by atoms with E-state index >= 15 is 0 Å². The minimum atomic E-state index is -2.90. The van der Waals surface area contributed by atoms with E-state index in [0.717, 1.165) is 25.3 Å². The van der Waals surface area contributed by atoms with Crippen molar-refractivity contribution in [2.24, 2.45) is 11.7 Å². The summed E-state index contributed by atoms with van der Waals surface area (Å²) in [5.41, 5.74) is 6.08. The fourth-order valence-electron chi connectivity index (χ4n) is 3.28.